The van der Waals surface area contributed by atoms with E-state index in [9.17, 15) is 4.79 Å². The van der Waals surface area contributed by atoms with Crippen LogP contribution < -0.4 is 5.56 Å². The lowest BCUT2D eigenvalue weighted by Gasteiger charge is -2.01. The molecular formula is C12H12N4O2S. The van der Waals surface area contributed by atoms with Crippen LogP contribution in [0.15, 0.2) is 15.6 Å². The van der Waals surface area contributed by atoms with E-state index in [1.54, 1.807) is 6.92 Å². The second-order valence-corrected chi connectivity index (χ2v) is 5.58. The highest BCUT2D eigenvalue weighted by Gasteiger charge is 2.13. The van der Waals surface area contributed by atoms with Gasteiger partial charge in [0.15, 0.2) is 5.82 Å². The Hall–Kier alpha value is -2.02. The molecule has 0 aliphatic carbocycles. The summed E-state index contributed by atoms with van der Waals surface area (Å²) in [4.78, 5) is 22.7. The number of thiophene rings is 1. The van der Waals surface area contributed by atoms with Crippen LogP contribution in [-0.2, 0) is 6.54 Å². The van der Waals surface area contributed by atoms with Gasteiger partial charge in [-0.05, 0) is 26.3 Å². The molecule has 0 fully saturated rings. The van der Waals surface area contributed by atoms with Crippen molar-refractivity contribution in [3.63, 3.8) is 0 Å². The van der Waals surface area contributed by atoms with Gasteiger partial charge in [0.2, 0.25) is 5.89 Å². The zero-order valence-electron chi connectivity index (χ0n) is 10.8. The molecule has 0 saturated carbocycles. The van der Waals surface area contributed by atoms with E-state index in [0.29, 0.717) is 17.1 Å². The Bertz CT molecular complexity index is 815. The van der Waals surface area contributed by atoms with Crippen LogP contribution in [0.5, 0.6) is 0 Å². The third kappa shape index (κ3) is 1.95. The molecule has 0 atom stereocenters. The first-order chi connectivity index (χ1) is 9.06. The van der Waals surface area contributed by atoms with Crippen LogP contribution in [0.25, 0.3) is 10.2 Å². The second kappa shape index (κ2) is 4.27. The molecule has 0 unspecified atom stereocenters. The van der Waals surface area contributed by atoms with E-state index in [1.165, 1.54) is 22.2 Å². The predicted octanol–water partition coefficient (Wildman–Crippen LogP) is 1.81. The third-order valence-electron chi connectivity index (χ3n) is 3.03. The van der Waals surface area contributed by atoms with E-state index in [2.05, 4.69) is 15.1 Å². The van der Waals surface area contributed by atoms with Gasteiger partial charge in [-0.2, -0.15) is 4.98 Å². The summed E-state index contributed by atoms with van der Waals surface area (Å²) >= 11 is 1.54. The van der Waals surface area contributed by atoms with Crippen molar-refractivity contribution < 1.29 is 4.52 Å². The molecule has 3 heterocycles. The minimum absolute atomic E-state index is 0.0669. The summed E-state index contributed by atoms with van der Waals surface area (Å²) in [6, 6.07) is 0. The lowest BCUT2D eigenvalue weighted by atomic mass is 10.2. The molecule has 19 heavy (non-hydrogen) atoms. The molecule has 7 heteroatoms. The van der Waals surface area contributed by atoms with Gasteiger partial charge >= 0.3 is 0 Å². The maximum absolute atomic E-state index is 12.4. The maximum Gasteiger partial charge on any atom is 0.262 e. The Morgan fingerprint density at radius 2 is 2.16 bits per heavy atom. The number of hydrogen-bond donors (Lipinski definition) is 0. The topological polar surface area (TPSA) is 73.8 Å². The average Bonchev–Trinajstić information content (AvgIpc) is 2.89. The molecule has 3 rings (SSSR count). The zero-order valence-corrected chi connectivity index (χ0v) is 11.6. The summed E-state index contributed by atoms with van der Waals surface area (Å²) in [7, 11) is 0. The zero-order chi connectivity index (χ0) is 13.6. The van der Waals surface area contributed by atoms with Crippen molar-refractivity contribution in [1.82, 2.24) is 19.7 Å². The van der Waals surface area contributed by atoms with Crippen LogP contribution in [0.4, 0.5) is 0 Å². The van der Waals surface area contributed by atoms with Gasteiger partial charge in [0.1, 0.15) is 11.4 Å². The van der Waals surface area contributed by atoms with Crippen molar-refractivity contribution in [2.45, 2.75) is 27.3 Å². The van der Waals surface area contributed by atoms with Crippen LogP contribution in [0.1, 0.15) is 22.2 Å². The van der Waals surface area contributed by atoms with E-state index in [0.717, 1.165) is 15.3 Å². The Morgan fingerprint density at radius 1 is 1.37 bits per heavy atom. The molecule has 0 bridgehead atoms. The van der Waals surface area contributed by atoms with Crippen LogP contribution in [0.2, 0.25) is 0 Å². The molecule has 0 amide bonds. The molecule has 0 radical (unpaired) electrons. The molecule has 3 aromatic heterocycles. The highest BCUT2D eigenvalue weighted by molar-refractivity contribution is 7.18. The van der Waals surface area contributed by atoms with Crippen molar-refractivity contribution in [2.24, 2.45) is 0 Å². The first-order valence-corrected chi connectivity index (χ1v) is 6.62. The van der Waals surface area contributed by atoms with Crippen molar-refractivity contribution >= 4 is 21.6 Å². The average molecular weight is 276 g/mol. The molecule has 0 aliphatic rings. The number of aryl methyl sites for hydroxylation is 3. The summed E-state index contributed by atoms with van der Waals surface area (Å²) in [5.74, 6) is 0.963. The van der Waals surface area contributed by atoms with Crippen molar-refractivity contribution in [3.05, 3.63) is 38.8 Å². The van der Waals surface area contributed by atoms with Crippen LogP contribution in [-0.4, -0.2) is 19.7 Å². The standard InChI is InChI=1S/C12H12N4O2S/c1-6-7(2)19-11-10(6)12(17)16(5-13-11)4-9-14-8(3)15-18-9/h5H,4H2,1-3H3. The lowest BCUT2D eigenvalue weighted by molar-refractivity contribution is 0.366. The summed E-state index contributed by atoms with van der Waals surface area (Å²) in [6.07, 6.45) is 1.53. The fourth-order valence-electron chi connectivity index (χ4n) is 1.93. The van der Waals surface area contributed by atoms with Crippen LogP contribution in [0, 0.1) is 20.8 Å². The van der Waals surface area contributed by atoms with Gasteiger partial charge < -0.3 is 4.52 Å². The SMILES string of the molecule is Cc1noc(Cn2cnc3sc(C)c(C)c3c2=O)n1. The molecule has 0 saturated heterocycles. The second-order valence-electron chi connectivity index (χ2n) is 4.38. The summed E-state index contributed by atoms with van der Waals surface area (Å²) < 4.78 is 6.52. The molecule has 0 spiro atoms. The van der Waals surface area contributed by atoms with Gasteiger partial charge in [-0.15, -0.1) is 11.3 Å². The predicted molar refractivity (Wildman–Crippen MR) is 71.5 cm³/mol. The minimum Gasteiger partial charge on any atom is -0.337 e. The number of hydrogen-bond acceptors (Lipinski definition) is 6. The van der Waals surface area contributed by atoms with E-state index in [4.69, 9.17) is 4.52 Å². The van der Waals surface area contributed by atoms with Gasteiger partial charge in [-0.25, -0.2) is 4.98 Å². The maximum atomic E-state index is 12.4. The molecule has 0 aliphatic heterocycles. The molecule has 6 nitrogen and oxygen atoms in total. The highest BCUT2D eigenvalue weighted by atomic mass is 32.1. The molecule has 98 valence electrons. The number of fused-ring (bicyclic) bond motifs is 1. The molecule has 0 N–H and O–H groups in total. The fraction of sp³-hybridized carbons (Fsp3) is 0.333. The first-order valence-electron chi connectivity index (χ1n) is 5.80. The van der Waals surface area contributed by atoms with Crippen LogP contribution >= 0.6 is 11.3 Å². The largest absolute Gasteiger partial charge is 0.337 e. The Kier molecular flexibility index (Phi) is 2.70. The smallest absolute Gasteiger partial charge is 0.262 e. The fourth-order valence-corrected chi connectivity index (χ4v) is 2.92. The summed E-state index contributed by atoms with van der Waals surface area (Å²) in [5.41, 5.74) is 0.927. The van der Waals surface area contributed by atoms with Crippen molar-refractivity contribution in [3.8, 4) is 0 Å². The number of nitrogens with zero attached hydrogens (tertiary/aromatic N) is 4. The highest BCUT2D eigenvalue weighted by Crippen LogP contribution is 2.25. The van der Waals surface area contributed by atoms with E-state index in [-0.39, 0.29) is 12.1 Å². The van der Waals surface area contributed by atoms with E-state index >= 15 is 0 Å². The van der Waals surface area contributed by atoms with E-state index < -0.39 is 0 Å². The van der Waals surface area contributed by atoms with Crippen LogP contribution in [0.3, 0.4) is 0 Å². The number of rotatable bonds is 2. The summed E-state index contributed by atoms with van der Waals surface area (Å²) in [6.45, 7) is 5.92. The molecule has 3 aromatic rings. The Labute approximate surface area is 112 Å². The van der Waals surface area contributed by atoms with Gasteiger partial charge in [0.05, 0.1) is 11.7 Å². The van der Waals surface area contributed by atoms with Gasteiger partial charge in [0, 0.05) is 4.88 Å². The first kappa shape index (κ1) is 12.0. The van der Waals surface area contributed by atoms with Crippen molar-refractivity contribution in [1.29, 1.82) is 0 Å². The monoisotopic (exact) mass is 276 g/mol. The van der Waals surface area contributed by atoms with E-state index in [1.807, 2.05) is 13.8 Å². The molecule has 0 aromatic carbocycles. The van der Waals surface area contributed by atoms with Crippen molar-refractivity contribution in [2.75, 3.05) is 0 Å². The Morgan fingerprint density at radius 3 is 2.84 bits per heavy atom. The molecular weight excluding hydrogens is 264 g/mol. The lowest BCUT2D eigenvalue weighted by Crippen LogP contribution is -2.21. The summed E-state index contributed by atoms with van der Waals surface area (Å²) in [5, 5.41) is 4.39. The van der Waals surface area contributed by atoms with Gasteiger partial charge in [-0.3, -0.25) is 9.36 Å². The van der Waals surface area contributed by atoms with Gasteiger partial charge in [-0.1, -0.05) is 5.16 Å². The van der Waals surface area contributed by atoms with Gasteiger partial charge in [0.25, 0.3) is 5.56 Å². The minimum atomic E-state index is -0.0669. The number of aromatic nitrogens is 4. The normalized spacial score (nSPS) is 11.3. The quantitative estimate of drug-likeness (QED) is 0.713. The third-order valence-corrected chi connectivity index (χ3v) is 4.15. The Balaban J connectivity index is 2.12.